The molecule has 0 unspecified atom stereocenters. The number of allylic oxidation sites excluding steroid dienone is 4. The number of carboxylic acid groups (broad SMARTS) is 1. The number of aromatic nitrogens is 1. The Balaban J connectivity index is 1.68. The average Bonchev–Trinajstić information content (AvgIpc) is 3.17. The van der Waals surface area contributed by atoms with Crippen molar-refractivity contribution in [2.75, 3.05) is 0 Å². The van der Waals surface area contributed by atoms with E-state index in [1.165, 1.54) is 52.2 Å². The Bertz CT molecular complexity index is 1430. The molecule has 5 N–H and O–H groups in total. The number of nitrogens with zero attached hydrogens (tertiary/aromatic N) is 1. The van der Waals surface area contributed by atoms with Crippen LogP contribution in [0.2, 0.25) is 0 Å². The minimum atomic E-state index is -1.28. The van der Waals surface area contributed by atoms with E-state index in [1.54, 1.807) is 0 Å². The molecular weight excluding hydrogens is 498 g/mol. The summed E-state index contributed by atoms with van der Waals surface area (Å²) in [6.07, 6.45) is 8.32. The number of carboxylic acids is 1. The summed E-state index contributed by atoms with van der Waals surface area (Å²) in [7, 11) is 0. The molecule has 0 amide bonds. The van der Waals surface area contributed by atoms with Gasteiger partial charge in [-0.15, -0.1) is 0 Å². The maximum absolute atomic E-state index is 12.3. The number of rotatable bonds is 9. The fourth-order valence-electron chi connectivity index (χ4n) is 5.17. The van der Waals surface area contributed by atoms with Gasteiger partial charge >= 0.3 is 5.97 Å². The molecule has 0 bridgehead atoms. The van der Waals surface area contributed by atoms with Crippen LogP contribution >= 0.6 is 0 Å². The Morgan fingerprint density at radius 3 is 2.44 bits per heavy atom. The molecule has 4 rings (SSSR count). The highest BCUT2D eigenvalue weighted by Gasteiger charge is 2.42. The van der Waals surface area contributed by atoms with Gasteiger partial charge in [0.05, 0.1) is 11.5 Å². The summed E-state index contributed by atoms with van der Waals surface area (Å²) >= 11 is 0. The number of hydrogen-bond donors (Lipinski definition) is 5. The molecule has 208 valence electrons. The third-order valence-electron chi connectivity index (χ3n) is 7.54. The van der Waals surface area contributed by atoms with E-state index in [9.17, 15) is 30.3 Å². The third kappa shape index (κ3) is 5.76. The number of benzene rings is 2. The van der Waals surface area contributed by atoms with E-state index in [1.807, 2.05) is 6.92 Å². The number of phenolic OH excluding ortho intramolecular Hbond substituents is 2. The van der Waals surface area contributed by atoms with Crippen LogP contribution in [0, 0.1) is 0 Å². The first-order chi connectivity index (χ1) is 18.4. The molecule has 3 aromatic rings. The Hall–Kier alpha value is -3.91. The summed E-state index contributed by atoms with van der Waals surface area (Å²) < 4.78 is 7.61. The smallest absolute Gasteiger partial charge is 0.331 e. The number of carbonyl (C=O) groups is 1. The monoisotopic (exact) mass is 535 g/mol. The molecule has 39 heavy (non-hydrogen) atoms. The highest BCUT2D eigenvalue weighted by molar-refractivity contribution is 5.96. The van der Waals surface area contributed by atoms with E-state index in [2.05, 4.69) is 32.9 Å². The summed E-state index contributed by atoms with van der Waals surface area (Å²) in [6, 6.07) is 5.80. The van der Waals surface area contributed by atoms with Gasteiger partial charge in [0.25, 0.3) is 0 Å². The minimum absolute atomic E-state index is 0.00653. The minimum Gasteiger partial charge on any atom is -0.508 e. The second-order valence-electron chi connectivity index (χ2n) is 10.9. The van der Waals surface area contributed by atoms with E-state index in [-0.39, 0.29) is 29.2 Å². The number of aliphatic carboxylic acids is 1. The van der Waals surface area contributed by atoms with Crippen molar-refractivity contribution in [1.82, 2.24) is 4.57 Å². The summed E-state index contributed by atoms with van der Waals surface area (Å²) in [4.78, 5) is 12.3. The van der Waals surface area contributed by atoms with Crippen LogP contribution in [0.25, 0.3) is 10.8 Å². The van der Waals surface area contributed by atoms with Crippen LogP contribution in [-0.4, -0.2) is 47.8 Å². The fourth-order valence-corrected chi connectivity index (χ4v) is 5.17. The molecule has 2 aromatic carbocycles. The number of hydrogen-bond acceptors (Lipinski definition) is 6. The molecule has 2 heterocycles. The molecule has 3 atom stereocenters. The fraction of sp³-hybridized carbons (Fsp3) is 0.387. The molecule has 8 nitrogen and oxygen atoms in total. The Morgan fingerprint density at radius 2 is 1.79 bits per heavy atom. The van der Waals surface area contributed by atoms with Gasteiger partial charge in [-0.3, -0.25) is 4.57 Å². The van der Waals surface area contributed by atoms with Gasteiger partial charge in [-0.2, -0.15) is 0 Å². The van der Waals surface area contributed by atoms with Crippen molar-refractivity contribution < 1.29 is 35.1 Å². The SMILES string of the molecule is CC(C)=CCCC(C)=CCC[C@]1(C)Oc2c(c(O)cc3c(O)n([C@@H](C(=O)O)c4ccc(O)cc4)cc23)C[C@@H]1O. The predicted molar refractivity (Wildman–Crippen MR) is 150 cm³/mol. The molecule has 0 fully saturated rings. The lowest BCUT2D eigenvalue weighted by Crippen LogP contribution is -2.48. The quantitative estimate of drug-likeness (QED) is 0.214. The van der Waals surface area contributed by atoms with Crippen LogP contribution in [0.4, 0.5) is 0 Å². The van der Waals surface area contributed by atoms with Gasteiger partial charge in [0.2, 0.25) is 0 Å². The second kappa shape index (κ2) is 11.1. The number of aromatic hydroxyl groups is 3. The molecule has 0 saturated carbocycles. The zero-order valence-corrected chi connectivity index (χ0v) is 22.8. The number of ether oxygens (including phenoxy) is 1. The van der Waals surface area contributed by atoms with E-state index < -0.39 is 23.7 Å². The second-order valence-corrected chi connectivity index (χ2v) is 10.9. The lowest BCUT2D eigenvalue weighted by atomic mass is 9.84. The van der Waals surface area contributed by atoms with Gasteiger partial charge in [0.1, 0.15) is 22.8 Å². The molecule has 0 aliphatic carbocycles. The van der Waals surface area contributed by atoms with Crippen molar-refractivity contribution >= 4 is 16.7 Å². The topological polar surface area (TPSA) is 132 Å². The van der Waals surface area contributed by atoms with Crippen molar-refractivity contribution in [3.05, 3.63) is 71.0 Å². The summed E-state index contributed by atoms with van der Waals surface area (Å²) in [5, 5.41) is 53.2. The first kappa shape index (κ1) is 28.1. The van der Waals surface area contributed by atoms with E-state index in [4.69, 9.17) is 4.74 Å². The molecule has 8 heteroatoms. The Kier molecular flexibility index (Phi) is 7.97. The number of aliphatic hydroxyl groups excluding tert-OH is 1. The van der Waals surface area contributed by atoms with Crippen LogP contribution < -0.4 is 4.74 Å². The Morgan fingerprint density at radius 1 is 1.10 bits per heavy atom. The van der Waals surface area contributed by atoms with E-state index in [0.29, 0.717) is 35.1 Å². The number of fused-ring (bicyclic) bond motifs is 3. The number of aliphatic hydroxyl groups is 1. The van der Waals surface area contributed by atoms with Crippen LogP contribution in [0.5, 0.6) is 23.1 Å². The molecule has 1 aromatic heterocycles. The normalized spacial score (nSPS) is 19.8. The van der Waals surface area contributed by atoms with E-state index >= 15 is 0 Å². The Labute approximate surface area is 228 Å². The van der Waals surface area contributed by atoms with Crippen LogP contribution in [0.1, 0.15) is 70.5 Å². The third-order valence-corrected chi connectivity index (χ3v) is 7.54. The van der Waals surface area contributed by atoms with Crippen LogP contribution in [0.15, 0.2) is 59.8 Å². The maximum Gasteiger partial charge on any atom is 0.331 e. The summed E-state index contributed by atoms with van der Waals surface area (Å²) in [5.41, 5.74) is 2.36. The number of phenols is 2. The highest BCUT2D eigenvalue weighted by atomic mass is 16.5. The van der Waals surface area contributed by atoms with Gasteiger partial charge in [0.15, 0.2) is 11.9 Å². The lowest BCUT2D eigenvalue weighted by molar-refractivity contribution is -0.139. The van der Waals surface area contributed by atoms with E-state index in [0.717, 1.165) is 12.8 Å². The van der Waals surface area contributed by atoms with Crippen molar-refractivity contribution in [3.63, 3.8) is 0 Å². The van der Waals surface area contributed by atoms with Gasteiger partial charge in [-0.1, -0.05) is 35.4 Å². The zero-order chi connectivity index (χ0) is 28.5. The largest absolute Gasteiger partial charge is 0.508 e. The average molecular weight is 536 g/mol. The lowest BCUT2D eigenvalue weighted by Gasteiger charge is -2.40. The summed E-state index contributed by atoms with van der Waals surface area (Å²) in [6.45, 7) is 8.08. The van der Waals surface area contributed by atoms with Gasteiger partial charge < -0.3 is 30.3 Å². The standard InChI is InChI=1S/C31H37NO7/c1-18(2)7-5-8-19(3)9-6-14-31(4)26(35)16-23-25(34)15-22-24(28(23)39-31)17-32(29(22)36)27(30(37)38)20-10-12-21(33)13-11-20/h7,9-13,15,17,26-27,33-36H,5-6,8,14,16H2,1-4H3,(H,37,38)/t26-,27+,31-/m0/s1. The van der Waals surface area contributed by atoms with Gasteiger partial charge in [0, 0.05) is 23.6 Å². The van der Waals surface area contributed by atoms with Crippen molar-refractivity contribution in [2.45, 2.75) is 77.5 Å². The van der Waals surface area contributed by atoms with Crippen molar-refractivity contribution in [2.24, 2.45) is 0 Å². The molecule has 0 spiro atoms. The molecule has 1 aliphatic heterocycles. The molecule has 1 aliphatic rings. The zero-order valence-electron chi connectivity index (χ0n) is 22.8. The molecule has 0 saturated heterocycles. The van der Waals surface area contributed by atoms with Crippen molar-refractivity contribution in [1.29, 1.82) is 0 Å². The first-order valence-corrected chi connectivity index (χ1v) is 13.2. The molecular formula is C31H37NO7. The predicted octanol–water partition coefficient (Wildman–Crippen LogP) is 5.96. The van der Waals surface area contributed by atoms with Gasteiger partial charge in [-0.05, 0) is 77.1 Å². The van der Waals surface area contributed by atoms with Gasteiger partial charge in [-0.25, -0.2) is 4.79 Å². The van der Waals surface area contributed by atoms with Crippen LogP contribution in [-0.2, 0) is 11.2 Å². The first-order valence-electron chi connectivity index (χ1n) is 13.2. The maximum atomic E-state index is 12.3. The van der Waals surface area contributed by atoms with Crippen LogP contribution in [0.3, 0.4) is 0 Å². The van der Waals surface area contributed by atoms with Crippen molar-refractivity contribution in [3.8, 4) is 23.1 Å². The molecule has 0 radical (unpaired) electrons. The summed E-state index contributed by atoms with van der Waals surface area (Å²) in [5.74, 6) is -1.37. The highest BCUT2D eigenvalue weighted by Crippen LogP contribution is 2.48.